The molecule has 1 rings (SSSR count). The van der Waals surface area contributed by atoms with E-state index >= 15 is 0 Å². The molecular weight excluding hydrogens is 367 g/mol. The first kappa shape index (κ1) is 15.4. The zero-order chi connectivity index (χ0) is 13.8. The molecule has 0 unspecified atom stereocenters. The Hall–Kier alpha value is -0.670. The number of hydrogen-bond acceptors (Lipinski definition) is 3. The monoisotopic (exact) mass is 382 g/mol. The highest BCUT2D eigenvalue weighted by atomic mass is 127. The molecule has 0 heterocycles. The average molecular weight is 382 g/mol. The van der Waals surface area contributed by atoms with Gasteiger partial charge in [0.15, 0.2) is 0 Å². The number of rotatable bonds is 5. The topological polar surface area (TPSA) is 66.5 Å². The molecule has 0 fully saturated rings. The first-order valence-electron chi connectivity index (χ1n) is 5.34. The second kappa shape index (κ2) is 6.48. The lowest BCUT2D eigenvalue weighted by atomic mass is 10.3. The van der Waals surface area contributed by atoms with Crippen LogP contribution in [0.5, 0.6) is 0 Å². The quantitative estimate of drug-likeness (QED) is 0.786. The lowest BCUT2D eigenvalue weighted by Crippen LogP contribution is -2.35. The van der Waals surface area contributed by atoms with Crippen LogP contribution in [0.4, 0.5) is 5.69 Å². The van der Waals surface area contributed by atoms with Crippen LogP contribution in [0, 0.1) is 3.57 Å². The molecule has 1 aromatic rings. The Balaban J connectivity index is 2.60. The number of halogens is 1. The minimum atomic E-state index is -3.32. The minimum absolute atomic E-state index is 0.0136. The Bertz CT molecular complexity index is 514. The van der Waals surface area contributed by atoms with E-state index in [1.807, 2.05) is 12.1 Å². The molecule has 0 saturated carbocycles. The predicted octanol–water partition coefficient (Wildman–Crippen LogP) is 1.51. The van der Waals surface area contributed by atoms with Crippen LogP contribution in [-0.2, 0) is 14.8 Å². The Kier molecular flexibility index (Phi) is 5.54. The maximum absolute atomic E-state index is 11.7. The van der Waals surface area contributed by atoms with E-state index in [1.54, 1.807) is 19.1 Å². The molecule has 100 valence electrons. The second-order valence-corrected chi connectivity index (χ2v) is 7.32. The molecule has 18 heavy (non-hydrogen) atoms. The molecule has 1 N–H and O–H groups in total. The summed E-state index contributed by atoms with van der Waals surface area (Å²) < 4.78 is 25.1. The van der Waals surface area contributed by atoms with Crippen LogP contribution in [0.15, 0.2) is 24.3 Å². The fourth-order valence-electron chi connectivity index (χ4n) is 1.25. The van der Waals surface area contributed by atoms with E-state index < -0.39 is 10.0 Å². The summed E-state index contributed by atoms with van der Waals surface area (Å²) in [7, 11) is -1.93. The Morgan fingerprint density at radius 3 is 2.39 bits per heavy atom. The van der Waals surface area contributed by atoms with Gasteiger partial charge in [0.2, 0.25) is 15.9 Å². The number of likely N-dealkylation sites (N-methyl/N-ethyl adjacent to an activating group) is 1. The van der Waals surface area contributed by atoms with Crippen LogP contribution in [0.3, 0.4) is 0 Å². The fraction of sp³-hybridized carbons (Fsp3) is 0.364. The minimum Gasteiger partial charge on any atom is -0.325 e. The molecular formula is C11H15IN2O3S. The van der Waals surface area contributed by atoms with Gasteiger partial charge in [-0.3, -0.25) is 4.79 Å². The number of carbonyl (C=O) groups excluding carboxylic acids is 1. The van der Waals surface area contributed by atoms with Gasteiger partial charge >= 0.3 is 0 Å². The maximum atomic E-state index is 11.7. The average Bonchev–Trinajstić information content (AvgIpc) is 2.32. The van der Waals surface area contributed by atoms with Gasteiger partial charge in [-0.15, -0.1) is 0 Å². The number of nitrogens with one attached hydrogen (secondary N) is 1. The maximum Gasteiger partial charge on any atom is 0.239 e. The van der Waals surface area contributed by atoms with E-state index in [0.29, 0.717) is 5.69 Å². The molecule has 1 aromatic carbocycles. The van der Waals surface area contributed by atoms with Gasteiger partial charge in [-0.25, -0.2) is 8.42 Å². The summed E-state index contributed by atoms with van der Waals surface area (Å²) in [5.74, 6) is -0.365. The summed E-state index contributed by atoms with van der Waals surface area (Å²) >= 11 is 2.17. The van der Waals surface area contributed by atoms with Crippen molar-refractivity contribution in [3.8, 4) is 0 Å². The van der Waals surface area contributed by atoms with Crippen molar-refractivity contribution in [2.45, 2.75) is 6.92 Å². The third-order valence-corrected chi connectivity index (χ3v) is 4.86. The van der Waals surface area contributed by atoms with Gasteiger partial charge in [-0.05, 0) is 53.8 Å². The molecule has 0 spiro atoms. The van der Waals surface area contributed by atoms with Crippen molar-refractivity contribution >= 4 is 44.2 Å². The number of hydrogen-bond donors (Lipinski definition) is 1. The highest BCUT2D eigenvalue weighted by Crippen LogP contribution is 2.11. The van der Waals surface area contributed by atoms with Gasteiger partial charge in [-0.2, -0.15) is 4.31 Å². The molecule has 0 radical (unpaired) electrons. The summed E-state index contributed by atoms with van der Waals surface area (Å²) in [6.45, 7) is 1.37. The van der Waals surface area contributed by atoms with Crippen LogP contribution >= 0.6 is 22.6 Å². The molecule has 0 aromatic heterocycles. The smallest absolute Gasteiger partial charge is 0.239 e. The van der Waals surface area contributed by atoms with Crippen molar-refractivity contribution in [1.29, 1.82) is 0 Å². The SMILES string of the molecule is CCS(=O)(=O)N(C)CC(=O)Nc1ccc(I)cc1. The van der Waals surface area contributed by atoms with Crippen molar-refractivity contribution in [2.75, 3.05) is 24.7 Å². The van der Waals surface area contributed by atoms with Gasteiger partial charge in [0, 0.05) is 16.3 Å². The summed E-state index contributed by atoms with van der Waals surface area (Å²) in [5.41, 5.74) is 0.655. The van der Waals surface area contributed by atoms with Crippen LogP contribution in [-0.4, -0.2) is 38.0 Å². The fourth-order valence-corrected chi connectivity index (χ4v) is 2.37. The largest absolute Gasteiger partial charge is 0.325 e. The van der Waals surface area contributed by atoms with Crippen LogP contribution in [0.1, 0.15) is 6.92 Å². The van der Waals surface area contributed by atoms with Gasteiger partial charge in [-0.1, -0.05) is 0 Å². The number of benzene rings is 1. The summed E-state index contributed by atoms with van der Waals surface area (Å²) in [4.78, 5) is 11.7. The summed E-state index contributed by atoms with van der Waals surface area (Å²) in [6.07, 6.45) is 0. The van der Waals surface area contributed by atoms with Crippen molar-refractivity contribution in [3.63, 3.8) is 0 Å². The Morgan fingerprint density at radius 2 is 1.89 bits per heavy atom. The lowest BCUT2D eigenvalue weighted by molar-refractivity contribution is -0.116. The van der Waals surface area contributed by atoms with Crippen molar-refractivity contribution in [1.82, 2.24) is 4.31 Å². The first-order chi connectivity index (χ1) is 8.35. The molecule has 7 heteroatoms. The number of carbonyl (C=O) groups is 1. The van der Waals surface area contributed by atoms with E-state index in [2.05, 4.69) is 27.9 Å². The highest BCUT2D eigenvalue weighted by Gasteiger charge is 2.18. The number of anilines is 1. The van der Waals surface area contributed by atoms with Gasteiger partial charge in [0.25, 0.3) is 0 Å². The van der Waals surface area contributed by atoms with Crippen LogP contribution in [0.25, 0.3) is 0 Å². The third-order valence-electron chi connectivity index (χ3n) is 2.33. The number of amides is 1. The van der Waals surface area contributed by atoms with E-state index in [4.69, 9.17) is 0 Å². The molecule has 0 atom stereocenters. The lowest BCUT2D eigenvalue weighted by Gasteiger charge is -2.15. The number of nitrogens with zero attached hydrogens (tertiary/aromatic N) is 1. The molecule has 0 saturated heterocycles. The molecule has 0 aliphatic heterocycles. The molecule has 0 aliphatic carbocycles. The second-order valence-electron chi connectivity index (χ2n) is 3.71. The van der Waals surface area contributed by atoms with Crippen molar-refractivity contribution < 1.29 is 13.2 Å². The van der Waals surface area contributed by atoms with Gasteiger partial charge < -0.3 is 5.32 Å². The standard InChI is InChI=1S/C11H15IN2O3S/c1-3-18(16,17)14(2)8-11(15)13-10-6-4-9(12)5-7-10/h4-7H,3,8H2,1-2H3,(H,13,15). The third kappa shape index (κ3) is 4.54. The van der Waals surface area contributed by atoms with Gasteiger partial charge in [0.05, 0.1) is 12.3 Å². The molecule has 0 aliphatic rings. The van der Waals surface area contributed by atoms with Crippen molar-refractivity contribution in [3.05, 3.63) is 27.8 Å². The summed E-state index contributed by atoms with van der Waals surface area (Å²) in [5, 5.41) is 2.65. The molecule has 5 nitrogen and oxygen atoms in total. The Labute approximate surface area is 121 Å². The molecule has 1 amide bonds. The van der Waals surface area contributed by atoms with Gasteiger partial charge in [0.1, 0.15) is 0 Å². The first-order valence-corrected chi connectivity index (χ1v) is 8.03. The zero-order valence-electron chi connectivity index (χ0n) is 10.2. The van der Waals surface area contributed by atoms with Crippen molar-refractivity contribution in [2.24, 2.45) is 0 Å². The van der Waals surface area contributed by atoms with E-state index in [-0.39, 0.29) is 18.2 Å². The highest BCUT2D eigenvalue weighted by molar-refractivity contribution is 14.1. The van der Waals surface area contributed by atoms with E-state index in [9.17, 15) is 13.2 Å². The summed E-state index contributed by atoms with van der Waals surface area (Å²) in [6, 6.07) is 7.27. The predicted molar refractivity (Wildman–Crippen MR) is 79.9 cm³/mol. The molecule has 0 bridgehead atoms. The van der Waals surface area contributed by atoms with Crippen LogP contribution < -0.4 is 5.32 Å². The normalized spacial score (nSPS) is 11.6. The zero-order valence-corrected chi connectivity index (χ0v) is 13.2. The van der Waals surface area contributed by atoms with Crippen LogP contribution in [0.2, 0.25) is 0 Å². The number of sulfonamides is 1. The Morgan fingerprint density at radius 1 is 1.33 bits per heavy atom. The van der Waals surface area contributed by atoms with E-state index in [0.717, 1.165) is 7.88 Å². The van der Waals surface area contributed by atoms with E-state index in [1.165, 1.54) is 7.05 Å².